The molecule has 0 aliphatic heterocycles. The molecule has 20 heavy (non-hydrogen) atoms. The Morgan fingerprint density at radius 2 is 1.90 bits per heavy atom. The van der Waals surface area contributed by atoms with Crippen LogP contribution in [0.2, 0.25) is 0 Å². The summed E-state index contributed by atoms with van der Waals surface area (Å²) in [6.07, 6.45) is 0. The van der Waals surface area contributed by atoms with Crippen LogP contribution in [0.4, 0.5) is 17.1 Å². The molecule has 2 aromatic rings. The third kappa shape index (κ3) is 3.06. The van der Waals surface area contributed by atoms with E-state index in [9.17, 15) is 10.1 Å². The summed E-state index contributed by atoms with van der Waals surface area (Å²) in [7, 11) is 3.68. The monoisotopic (exact) mass is 271 g/mol. The number of hydrogen-bond acceptors (Lipinski definition) is 4. The molecule has 0 spiro atoms. The number of nitro groups is 1. The molecule has 2 rings (SSSR count). The summed E-state index contributed by atoms with van der Waals surface area (Å²) in [5.41, 5.74) is 2.76. The van der Waals surface area contributed by atoms with Gasteiger partial charge in [-0.25, -0.2) is 0 Å². The number of nitrogens with one attached hydrogen (secondary N) is 1. The molecular weight excluding hydrogens is 254 g/mol. The van der Waals surface area contributed by atoms with Crippen LogP contribution in [-0.2, 0) is 6.54 Å². The fraction of sp³-hybridized carbons (Fsp3) is 0.200. The molecule has 0 atom stereocenters. The van der Waals surface area contributed by atoms with E-state index in [4.69, 9.17) is 0 Å². The lowest BCUT2D eigenvalue weighted by molar-refractivity contribution is -0.383. The third-order valence-corrected chi connectivity index (χ3v) is 3.14. The van der Waals surface area contributed by atoms with Gasteiger partial charge in [0, 0.05) is 32.4 Å². The Morgan fingerprint density at radius 3 is 2.50 bits per heavy atom. The zero-order valence-electron chi connectivity index (χ0n) is 11.5. The Kier molecular flexibility index (Phi) is 4.20. The third-order valence-electron chi connectivity index (χ3n) is 3.14. The summed E-state index contributed by atoms with van der Waals surface area (Å²) in [6.45, 7) is 0.691. The van der Waals surface area contributed by atoms with Gasteiger partial charge in [-0.05, 0) is 23.8 Å². The molecule has 0 saturated carbocycles. The van der Waals surface area contributed by atoms with Gasteiger partial charge in [-0.15, -0.1) is 0 Å². The molecule has 0 aliphatic carbocycles. The van der Waals surface area contributed by atoms with Crippen molar-refractivity contribution in [2.45, 2.75) is 6.54 Å². The highest BCUT2D eigenvalue weighted by Gasteiger charge is 2.13. The maximum absolute atomic E-state index is 10.9. The van der Waals surface area contributed by atoms with Crippen molar-refractivity contribution in [3.8, 4) is 0 Å². The molecule has 0 heterocycles. The van der Waals surface area contributed by atoms with E-state index in [2.05, 4.69) is 10.2 Å². The lowest BCUT2D eigenvalue weighted by atomic mass is 10.1. The Labute approximate surface area is 118 Å². The molecule has 2 aromatic carbocycles. The average Bonchev–Trinajstić information content (AvgIpc) is 2.47. The van der Waals surface area contributed by atoms with Crippen LogP contribution >= 0.6 is 0 Å². The summed E-state index contributed by atoms with van der Waals surface area (Å²) in [4.78, 5) is 12.6. The zero-order valence-corrected chi connectivity index (χ0v) is 11.5. The van der Waals surface area contributed by atoms with Crippen molar-refractivity contribution in [1.82, 2.24) is 0 Å². The molecule has 0 aromatic heterocycles. The first-order chi connectivity index (χ1) is 9.61. The van der Waals surface area contributed by atoms with Crippen LogP contribution in [-0.4, -0.2) is 19.0 Å². The lowest BCUT2D eigenvalue weighted by Crippen LogP contribution is -2.16. The Bertz CT molecular complexity index is 599. The highest BCUT2D eigenvalue weighted by Crippen LogP contribution is 2.26. The average molecular weight is 271 g/mol. The second-order valence-electron chi connectivity index (χ2n) is 4.55. The largest absolute Gasteiger partial charge is 0.383 e. The SMILES string of the molecule is CNc1cc(CN(C)c2ccccc2)ccc1[N+](=O)[O-]. The van der Waals surface area contributed by atoms with E-state index < -0.39 is 0 Å². The Morgan fingerprint density at radius 1 is 1.20 bits per heavy atom. The van der Waals surface area contributed by atoms with Crippen LogP contribution in [0.3, 0.4) is 0 Å². The highest BCUT2D eigenvalue weighted by atomic mass is 16.6. The molecule has 0 radical (unpaired) electrons. The second-order valence-corrected chi connectivity index (χ2v) is 4.55. The predicted octanol–water partition coefficient (Wildman–Crippen LogP) is 3.27. The number of nitrogens with zero attached hydrogens (tertiary/aromatic N) is 2. The van der Waals surface area contributed by atoms with E-state index in [0.29, 0.717) is 12.2 Å². The summed E-state index contributed by atoms with van der Waals surface area (Å²) in [5, 5.41) is 13.8. The molecule has 0 bridgehead atoms. The topological polar surface area (TPSA) is 58.4 Å². The quantitative estimate of drug-likeness (QED) is 0.669. The molecule has 0 aliphatic rings. The van der Waals surface area contributed by atoms with Crippen molar-refractivity contribution >= 4 is 17.1 Å². The first-order valence-electron chi connectivity index (χ1n) is 6.33. The van der Waals surface area contributed by atoms with Crippen LogP contribution in [0.1, 0.15) is 5.56 Å². The fourth-order valence-corrected chi connectivity index (χ4v) is 2.09. The van der Waals surface area contributed by atoms with Crippen LogP contribution < -0.4 is 10.2 Å². The minimum atomic E-state index is -0.378. The van der Waals surface area contributed by atoms with Crippen molar-refractivity contribution in [2.24, 2.45) is 0 Å². The van der Waals surface area contributed by atoms with E-state index in [0.717, 1.165) is 11.3 Å². The lowest BCUT2D eigenvalue weighted by Gasteiger charge is -2.19. The molecule has 0 saturated heterocycles. The van der Waals surface area contributed by atoms with Crippen molar-refractivity contribution in [2.75, 3.05) is 24.3 Å². The van der Waals surface area contributed by atoms with Gasteiger partial charge < -0.3 is 10.2 Å². The normalized spacial score (nSPS) is 10.1. The molecule has 0 amide bonds. The maximum Gasteiger partial charge on any atom is 0.292 e. The predicted molar refractivity (Wildman–Crippen MR) is 81.2 cm³/mol. The van der Waals surface area contributed by atoms with Gasteiger partial charge >= 0.3 is 0 Å². The van der Waals surface area contributed by atoms with Crippen molar-refractivity contribution in [3.05, 3.63) is 64.2 Å². The number of hydrogen-bond donors (Lipinski definition) is 1. The summed E-state index contributed by atoms with van der Waals surface area (Å²) in [6, 6.07) is 15.2. The van der Waals surface area contributed by atoms with E-state index in [1.807, 2.05) is 43.4 Å². The van der Waals surface area contributed by atoms with Gasteiger partial charge in [-0.3, -0.25) is 10.1 Å². The van der Waals surface area contributed by atoms with Crippen molar-refractivity contribution in [1.29, 1.82) is 0 Å². The van der Waals surface area contributed by atoms with E-state index in [-0.39, 0.29) is 10.6 Å². The first-order valence-corrected chi connectivity index (χ1v) is 6.33. The Hall–Kier alpha value is -2.56. The molecule has 5 heteroatoms. The van der Waals surface area contributed by atoms with Gasteiger partial charge in [-0.2, -0.15) is 0 Å². The highest BCUT2D eigenvalue weighted by molar-refractivity contribution is 5.62. The van der Waals surface area contributed by atoms with Gasteiger partial charge in [0.1, 0.15) is 5.69 Å². The molecule has 104 valence electrons. The van der Waals surface area contributed by atoms with Gasteiger partial charge in [0.15, 0.2) is 0 Å². The summed E-state index contributed by atoms with van der Waals surface area (Å²) >= 11 is 0. The second kappa shape index (κ2) is 6.06. The number of para-hydroxylation sites is 1. The molecule has 5 nitrogen and oxygen atoms in total. The van der Waals surface area contributed by atoms with Gasteiger partial charge in [0.2, 0.25) is 0 Å². The fourth-order valence-electron chi connectivity index (χ4n) is 2.09. The Balaban J connectivity index is 2.20. The standard InChI is InChI=1S/C15H17N3O2/c1-16-14-10-12(8-9-15(14)18(19)20)11-17(2)13-6-4-3-5-7-13/h3-10,16H,11H2,1-2H3. The smallest absolute Gasteiger partial charge is 0.292 e. The van der Waals surface area contributed by atoms with Crippen LogP contribution in [0, 0.1) is 10.1 Å². The van der Waals surface area contributed by atoms with Gasteiger partial charge in [0.05, 0.1) is 4.92 Å². The van der Waals surface area contributed by atoms with Crippen LogP contribution in [0.15, 0.2) is 48.5 Å². The van der Waals surface area contributed by atoms with Crippen LogP contribution in [0.25, 0.3) is 0 Å². The molecular formula is C15H17N3O2. The number of rotatable bonds is 5. The molecule has 1 N–H and O–H groups in total. The zero-order chi connectivity index (χ0) is 14.5. The van der Waals surface area contributed by atoms with Crippen molar-refractivity contribution < 1.29 is 4.92 Å². The van der Waals surface area contributed by atoms with E-state index in [1.54, 1.807) is 19.2 Å². The molecule has 0 fully saturated rings. The van der Waals surface area contributed by atoms with E-state index in [1.165, 1.54) is 0 Å². The van der Waals surface area contributed by atoms with Crippen molar-refractivity contribution in [3.63, 3.8) is 0 Å². The minimum absolute atomic E-state index is 0.0959. The number of benzene rings is 2. The maximum atomic E-state index is 10.9. The van der Waals surface area contributed by atoms with Crippen LogP contribution in [0.5, 0.6) is 0 Å². The first kappa shape index (κ1) is 13.9. The molecule has 0 unspecified atom stereocenters. The van der Waals surface area contributed by atoms with Gasteiger partial charge in [0.25, 0.3) is 5.69 Å². The minimum Gasteiger partial charge on any atom is -0.383 e. The van der Waals surface area contributed by atoms with Gasteiger partial charge in [-0.1, -0.05) is 24.3 Å². The number of anilines is 2. The summed E-state index contributed by atoms with van der Waals surface area (Å²) in [5.74, 6) is 0. The summed E-state index contributed by atoms with van der Waals surface area (Å²) < 4.78 is 0. The van der Waals surface area contributed by atoms with E-state index >= 15 is 0 Å². The number of nitro benzene ring substituents is 1.